The van der Waals surface area contributed by atoms with Gasteiger partial charge in [0.25, 0.3) is 0 Å². The summed E-state index contributed by atoms with van der Waals surface area (Å²) in [6.45, 7) is 2.79. The van der Waals surface area contributed by atoms with Gasteiger partial charge in [0.1, 0.15) is 5.75 Å². The molecule has 1 N–H and O–H groups in total. The van der Waals surface area contributed by atoms with Crippen LogP contribution in [0, 0.1) is 0 Å². The number of likely N-dealkylation sites (N-methyl/N-ethyl adjacent to an activating group) is 1. The van der Waals surface area contributed by atoms with Crippen LogP contribution >= 0.6 is 0 Å². The summed E-state index contributed by atoms with van der Waals surface area (Å²) in [5.41, 5.74) is 2.38. The van der Waals surface area contributed by atoms with Crippen molar-refractivity contribution >= 4 is 5.69 Å². The molecule has 3 heteroatoms. The first kappa shape index (κ1) is 14.4. The Kier molecular flexibility index (Phi) is 5.44. The first-order valence-electron chi connectivity index (χ1n) is 6.89. The molecule has 0 saturated heterocycles. The number of methoxy groups -OCH3 is 1. The van der Waals surface area contributed by atoms with Gasteiger partial charge in [-0.2, -0.15) is 0 Å². The van der Waals surface area contributed by atoms with Gasteiger partial charge in [0, 0.05) is 30.9 Å². The fourth-order valence-electron chi connectivity index (χ4n) is 2.15. The van der Waals surface area contributed by atoms with Crippen LogP contribution in [0.25, 0.3) is 0 Å². The van der Waals surface area contributed by atoms with Crippen molar-refractivity contribution in [1.82, 2.24) is 4.90 Å². The summed E-state index contributed by atoms with van der Waals surface area (Å²) in [6.07, 6.45) is 0. The van der Waals surface area contributed by atoms with Crippen LogP contribution < -0.4 is 10.1 Å². The number of para-hydroxylation sites is 2. The lowest BCUT2D eigenvalue weighted by Gasteiger charge is -2.19. The van der Waals surface area contributed by atoms with Gasteiger partial charge in [-0.3, -0.25) is 0 Å². The second-order valence-electron chi connectivity index (χ2n) is 4.84. The minimum atomic E-state index is 0.889. The molecule has 0 fully saturated rings. The molecule has 3 nitrogen and oxygen atoms in total. The number of rotatable bonds is 7. The Morgan fingerprint density at radius 3 is 2.45 bits per heavy atom. The highest BCUT2D eigenvalue weighted by Crippen LogP contribution is 2.18. The molecule has 106 valence electrons. The van der Waals surface area contributed by atoms with Crippen molar-refractivity contribution in [2.45, 2.75) is 6.54 Å². The molecule has 0 aliphatic carbocycles. The lowest BCUT2D eigenvalue weighted by Crippen LogP contribution is -2.25. The van der Waals surface area contributed by atoms with Crippen molar-refractivity contribution in [3.63, 3.8) is 0 Å². The van der Waals surface area contributed by atoms with Crippen LogP contribution in [0.15, 0.2) is 54.6 Å². The number of nitrogens with zero attached hydrogens (tertiary/aromatic N) is 1. The molecule has 0 aliphatic heterocycles. The Balaban J connectivity index is 1.79. The van der Waals surface area contributed by atoms with Crippen molar-refractivity contribution in [2.75, 3.05) is 32.6 Å². The summed E-state index contributed by atoms with van der Waals surface area (Å²) in [6, 6.07) is 18.4. The van der Waals surface area contributed by atoms with Crippen LogP contribution in [0.3, 0.4) is 0 Å². The second kappa shape index (κ2) is 7.56. The smallest absolute Gasteiger partial charge is 0.123 e. The van der Waals surface area contributed by atoms with E-state index < -0.39 is 0 Å². The van der Waals surface area contributed by atoms with Crippen LogP contribution in [0.4, 0.5) is 5.69 Å². The van der Waals surface area contributed by atoms with Crippen molar-refractivity contribution in [3.05, 3.63) is 60.2 Å². The molecule has 0 aromatic heterocycles. The summed E-state index contributed by atoms with van der Waals surface area (Å²) < 4.78 is 5.38. The molecule has 0 amide bonds. The Morgan fingerprint density at radius 1 is 1.00 bits per heavy atom. The third kappa shape index (κ3) is 4.28. The van der Waals surface area contributed by atoms with Crippen molar-refractivity contribution in [2.24, 2.45) is 0 Å². The first-order chi connectivity index (χ1) is 9.79. The maximum absolute atomic E-state index is 5.38. The number of benzene rings is 2. The van der Waals surface area contributed by atoms with Gasteiger partial charge in [0.05, 0.1) is 7.11 Å². The Hall–Kier alpha value is -2.00. The zero-order valence-corrected chi connectivity index (χ0v) is 12.2. The monoisotopic (exact) mass is 270 g/mol. The van der Waals surface area contributed by atoms with Gasteiger partial charge in [-0.15, -0.1) is 0 Å². The molecular weight excluding hydrogens is 248 g/mol. The molecule has 0 atom stereocenters. The normalized spacial score (nSPS) is 10.6. The van der Waals surface area contributed by atoms with Crippen LogP contribution in [0.1, 0.15) is 5.56 Å². The van der Waals surface area contributed by atoms with E-state index in [-0.39, 0.29) is 0 Å². The third-order valence-electron chi connectivity index (χ3n) is 3.23. The standard InChI is InChI=1S/C17H22N2O/c1-19(13-12-18-16-9-4-3-5-10-16)14-15-8-6-7-11-17(15)20-2/h3-11,18H,12-14H2,1-2H3. The van der Waals surface area contributed by atoms with Gasteiger partial charge in [0.15, 0.2) is 0 Å². The Morgan fingerprint density at radius 2 is 1.70 bits per heavy atom. The first-order valence-corrected chi connectivity index (χ1v) is 6.89. The SMILES string of the molecule is COc1ccccc1CN(C)CCNc1ccccc1. The average molecular weight is 270 g/mol. The maximum Gasteiger partial charge on any atom is 0.123 e. The van der Waals surface area contributed by atoms with Crippen molar-refractivity contribution in [1.29, 1.82) is 0 Å². The van der Waals surface area contributed by atoms with E-state index in [1.165, 1.54) is 5.56 Å². The predicted molar refractivity (Wildman–Crippen MR) is 84.3 cm³/mol. The van der Waals surface area contributed by atoms with Gasteiger partial charge < -0.3 is 15.0 Å². The molecule has 0 heterocycles. The summed E-state index contributed by atoms with van der Waals surface area (Å²) in [4.78, 5) is 2.29. The van der Waals surface area contributed by atoms with Crippen LogP contribution in [0.2, 0.25) is 0 Å². The topological polar surface area (TPSA) is 24.5 Å². The summed E-state index contributed by atoms with van der Waals surface area (Å²) in [5, 5.41) is 3.42. The van der Waals surface area contributed by atoms with Crippen LogP contribution in [-0.4, -0.2) is 32.1 Å². The molecule has 0 unspecified atom stereocenters. The molecule has 0 aliphatic rings. The van der Waals surface area contributed by atoms with E-state index in [1.807, 2.05) is 36.4 Å². The number of ether oxygens (including phenoxy) is 1. The van der Waals surface area contributed by atoms with E-state index in [0.717, 1.165) is 31.1 Å². The molecule has 2 rings (SSSR count). The number of anilines is 1. The van der Waals surface area contributed by atoms with E-state index in [0.29, 0.717) is 0 Å². The zero-order chi connectivity index (χ0) is 14.2. The molecule has 0 spiro atoms. The summed E-state index contributed by atoms with van der Waals surface area (Å²) in [5.74, 6) is 0.954. The average Bonchev–Trinajstić information content (AvgIpc) is 2.49. The summed E-state index contributed by atoms with van der Waals surface area (Å²) >= 11 is 0. The van der Waals surface area contributed by atoms with Gasteiger partial charge >= 0.3 is 0 Å². The van der Waals surface area contributed by atoms with E-state index in [1.54, 1.807) is 7.11 Å². The highest BCUT2D eigenvalue weighted by atomic mass is 16.5. The maximum atomic E-state index is 5.38. The van der Waals surface area contributed by atoms with Crippen LogP contribution in [-0.2, 0) is 6.54 Å². The largest absolute Gasteiger partial charge is 0.496 e. The third-order valence-corrected chi connectivity index (χ3v) is 3.23. The minimum Gasteiger partial charge on any atom is -0.496 e. The Bertz CT molecular complexity index is 513. The van der Waals surface area contributed by atoms with Crippen LogP contribution in [0.5, 0.6) is 5.75 Å². The summed E-state index contributed by atoms with van der Waals surface area (Å²) in [7, 11) is 3.84. The minimum absolute atomic E-state index is 0.889. The molecule has 0 saturated carbocycles. The molecule has 2 aromatic rings. The highest BCUT2D eigenvalue weighted by molar-refractivity contribution is 5.42. The Labute approximate surface area is 121 Å². The van der Waals surface area contributed by atoms with E-state index >= 15 is 0 Å². The van der Waals surface area contributed by atoms with E-state index in [9.17, 15) is 0 Å². The number of hydrogen-bond acceptors (Lipinski definition) is 3. The van der Waals surface area contributed by atoms with Gasteiger partial charge in [-0.1, -0.05) is 36.4 Å². The van der Waals surface area contributed by atoms with Gasteiger partial charge in [-0.25, -0.2) is 0 Å². The fraction of sp³-hybridized carbons (Fsp3) is 0.294. The quantitative estimate of drug-likeness (QED) is 0.836. The highest BCUT2D eigenvalue weighted by Gasteiger charge is 2.05. The fourth-order valence-corrected chi connectivity index (χ4v) is 2.15. The number of hydrogen-bond donors (Lipinski definition) is 1. The molecule has 0 bridgehead atoms. The van der Waals surface area contributed by atoms with E-state index in [4.69, 9.17) is 4.74 Å². The van der Waals surface area contributed by atoms with Gasteiger partial charge in [-0.05, 0) is 25.2 Å². The van der Waals surface area contributed by atoms with Gasteiger partial charge in [0.2, 0.25) is 0 Å². The van der Waals surface area contributed by atoms with Crippen molar-refractivity contribution < 1.29 is 4.74 Å². The lowest BCUT2D eigenvalue weighted by molar-refractivity contribution is 0.328. The van der Waals surface area contributed by atoms with Crippen molar-refractivity contribution in [3.8, 4) is 5.75 Å². The lowest BCUT2D eigenvalue weighted by atomic mass is 10.2. The predicted octanol–water partition coefficient (Wildman–Crippen LogP) is 3.24. The number of nitrogens with one attached hydrogen (secondary N) is 1. The molecule has 2 aromatic carbocycles. The zero-order valence-electron chi connectivity index (χ0n) is 12.2. The molecular formula is C17H22N2O. The molecule has 20 heavy (non-hydrogen) atoms. The second-order valence-corrected chi connectivity index (χ2v) is 4.84. The molecule has 0 radical (unpaired) electrons. The van der Waals surface area contributed by atoms with E-state index in [2.05, 4.69) is 35.5 Å².